The molecule has 1 aliphatic rings. The molecule has 1 aliphatic heterocycles. The second kappa shape index (κ2) is 7.37. The van der Waals surface area contributed by atoms with Gasteiger partial charge in [0, 0.05) is 29.1 Å². The van der Waals surface area contributed by atoms with Crippen LogP contribution in [0.25, 0.3) is 11.0 Å². The molecule has 1 aromatic heterocycles. The smallest absolute Gasteiger partial charge is 0.273 e. The second-order valence-electron chi connectivity index (χ2n) is 7.10. The largest absolute Gasteiger partial charge is 0.464 e. The number of nitrogens with zero attached hydrogens (tertiary/aromatic N) is 2. The highest BCUT2D eigenvalue weighted by Crippen LogP contribution is 2.33. The third-order valence-electron chi connectivity index (χ3n) is 5.07. The lowest BCUT2D eigenvalue weighted by Gasteiger charge is -2.17. The highest BCUT2D eigenvalue weighted by Gasteiger charge is 2.40. The average Bonchev–Trinajstić information content (AvgIpc) is 3.31. The topological polar surface area (TPSA) is 74.9 Å². The molecule has 4 rings (SSSR count). The first-order chi connectivity index (χ1) is 14.3. The zero-order valence-electron chi connectivity index (χ0n) is 16.4. The molecule has 0 bridgehead atoms. The molecular formula is C22H19F2N3O3. The number of anilines is 2. The number of furan rings is 1. The van der Waals surface area contributed by atoms with Crippen molar-refractivity contribution in [2.24, 2.45) is 11.0 Å². The van der Waals surface area contributed by atoms with Gasteiger partial charge in [0.15, 0.2) is 5.92 Å². The summed E-state index contributed by atoms with van der Waals surface area (Å²) in [7, 11) is 0. The Morgan fingerprint density at radius 2 is 2.03 bits per heavy atom. The Morgan fingerprint density at radius 3 is 2.80 bits per heavy atom. The molecule has 0 aliphatic carbocycles. The monoisotopic (exact) mass is 411 g/mol. The number of benzene rings is 2. The van der Waals surface area contributed by atoms with E-state index in [1.165, 1.54) is 31.2 Å². The van der Waals surface area contributed by atoms with E-state index in [2.05, 4.69) is 10.4 Å². The standard InChI is InChI=1S/C22H19F2N3O3/c1-3-22(23,24)15-5-4-6-16(11-15)25-20(28)19-13(2)26-27(21(19)29)17-8-7-14-9-10-30-18(14)12-17/h4-12,19H,3H2,1-2H3,(H,25,28). The molecule has 0 saturated heterocycles. The maximum Gasteiger partial charge on any atom is 0.273 e. The van der Waals surface area contributed by atoms with Crippen molar-refractivity contribution in [3.8, 4) is 0 Å². The third-order valence-corrected chi connectivity index (χ3v) is 5.07. The molecule has 3 aromatic rings. The maximum absolute atomic E-state index is 14.0. The fourth-order valence-electron chi connectivity index (χ4n) is 3.37. The molecule has 6 nitrogen and oxygen atoms in total. The van der Waals surface area contributed by atoms with E-state index in [4.69, 9.17) is 4.42 Å². The fraction of sp³-hybridized carbons (Fsp3) is 0.227. The molecule has 1 N–H and O–H groups in total. The first kappa shape index (κ1) is 19.8. The van der Waals surface area contributed by atoms with E-state index in [0.717, 1.165) is 10.4 Å². The van der Waals surface area contributed by atoms with E-state index in [9.17, 15) is 18.4 Å². The van der Waals surface area contributed by atoms with Gasteiger partial charge in [-0.15, -0.1) is 0 Å². The van der Waals surface area contributed by atoms with Crippen LogP contribution in [0.3, 0.4) is 0 Å². The van der Waals surface area contributed by atoms with Gasteiger partial charge in [0.05, 0.1) is 17.7 Å². The number of fused-ring (bicyclic) bond motifs is 1. The number of amides is 2. The van der Waals surface area contributed by atoms with E-state index >= 15 is 0 Å². The highest BCUT2D eigenvalue weighted by molar-refractivity contribution is 6.28. The Morgan fingerprint density at radius 1 is 1.23 bits per heavy atom. The minimum atomic E-state index is -3.00. The molecular weight excluding hydrogens is 392 g/mol. The Labute approximate surface area is 171 Å². The predicted octanol–water partition coefficient (Wildman–Crippen LogP) is 4.91. The van der Waals surface area contributed by atoms with Crippen LogP contribution in [0.4, 0.5) is 20.2 Å². The number of halogens is 2. The third kappa shape index (κ3) is 3.45. The fourth-order valence-corrected chi connectivity index (χ4v) is 3.37. The van der Waals surface area contributed by atoms with Gasteiger partial charge in [-0.25, -0.2) is 8.78 Å². The van der Waals surface area contributed by atoms with Gasteiger partial charge in [-0.1, -0.05) is 19.1 Å². The first-order valence-corrected chi connectivity index (χ1v) is 9.45. The number of nitrogens with one attached hydrogen (secondary N) is 1. The van der Waals surface area contributed by atoms with E-state index in [1.54, 1.807) is 37.5 Å². The lowest BCUT2D eigenvalue weighted by atomic mass is 10.0. The van der Waals surface area contributed by atoms with Crippen molar-refractivity contribution in [2.45, 2.75) is 26.2 Å². The number of hydrogen-bond donors (Lipinski definition) is 1. The SMILES string of the molecule is CCC(F)(F)c1cccc(NC(=O)C2C(=O)N(c3ccc4ccoc4c3)N=C2C)c1. The van der Waals surface area contributed by atoms with Crippen molar-refractivity contribution in [2.75, 3.05) is 10.3 Å². The quantitative estimate of drug-likeness (QED) is 0.606. The van der Waals surface area contributed by atoms with Crippen molar-refractivity contribution in [1.29, 1.82) is 0 Å². The molecule has 0 fully saturated rings. The van der Waals surface area contributed by atoms with Crippen LogP contribution < -0.4 is 10.3 Å². The molecule has 0 spiro atoms. The Hall–Kier alpha value is -3.55. The summed E-state index contributed by atoms with van der Waals surface area (Å²) in [6, 6.07) is 12.4. The Kier molecular flexibility index (Phi) is 4.85. The number of hydrogen-bond acceptors (Lipinski definition) is 4. The molecule has 2 amide bonds. The maximum atomic E-state index is 14.0. The molecule has 1 unspecified atom stereocenters. The van der Waals surface area contributed by atoms with Gasteiger partial charge in [0.1, 0.15) is 5.58 Å². The zero-order valence-corrected chi connectivity index (χ0v) is 16.4. The van der Waals surface area contributed by atoms with Crippen LogP contribution in [0.2, 0.25) is 0 Å². The van der Waals surface area contributed by atoms with Gasteiger partial charge in [-0.3, -0.25) is 9.59 Å². The van der Waals surface area contributed by atoms with Gasteiger partial charge in [0.25, 0.3) is 11.8 Å². The molecule has 0 radical (unpaired) electrons. The number of alkyl halides is 2. The van der Waals surface area contributed by atoms with Crippen molar-refractivity contribution in [1.82, 2.24) is 0 Å². The molecule has 154 valence electrons. The van der Waals surface area contributed by atoms with Gasteiger partial charge in [-0.05, 0) is 37.3 Å². The number of carbonyl (C=O) groups is 2. The number of rotatable bonds is 5. The summed E-state index contributed by atoms with van der Waals surface area (Å²) in [5.74, 6) is -5.29. The van der Waals surface area contributed by atoms with Crippen LogP contribution in [0.5, 0.6) is 0 Å². The predicted molar refractivity (Wildman–Crippen MR) is 110 cm³/mol. The minimum absolute atomic E-state index is 0.195. The first-order valence-electron chi connectivity index (χ1n) is 9.45. The van der Waals surface area contributed by atoms with Crippen LogP contribution >= 0.6 is 0 Å². The van der Waals surface area contributed by atoms with Gasteiger partial charge < -0.3 is 9.73 Å². The summed E-state index contributed by atoms with van der Waals surface area (Å²) in [6.07, 6.45) is 1.19. The zero-order chi connectivity index (χ0) is 21.5. The molecule has 1 atom stereocenters. The summed E-state index contributed by atoms with van der Waals surface area (Å²) in [6.45, 7) is 2.96. The lowest BCUT2D eigenvalue weighted by molar-refractivity contribution is -0.127. The summed E-state index contributed by atoms with van der Waals surface area (Å²) < 4.78 is 33.3. The normalized spacial score (nSPS) is 16.8. The second-order valence-corrected chi connectivity index (χ2v) is 7.10. The van der Waals surface area contributed by atoms with E-state index in [1.807, 2.05) is 0 Å². The van der Waals surface area contributed by atoms with Crippen LogP contribution in [0.15, 0.2) is 64.3 Å². The summed E-state index contributed by atoms with van der Waals surface area (Å²) in [5.41, 5.74) is 1.38. The van der Waals surface area contributed by atoms with Crippen molar-refractivity contribution in [3.63, 3.8) is 0 Å². The summed E-state index contributed by atoms with van der Waals surface area (Å²) in [5, 5.41) is 8.82. The molecule has 30 heavy (non-hydrogen) atoms. The van der Waals surface area contributed by atoms with Crippen LogP contribution in [0.1, 0.15) is 25.8 Å². The minimum Gasteiger partial charge on any atom is -0.464 e. The molecule has 2 heterocycles. The van der Waals surface area contributed by atoms with Crippen LogP contribution in [0, 0.1) is 5.92 Å². The summed E-state index contributed by atoms with van der Waals surface area (Å²) in [4.78, 5) is 25.7. The lowest BCUT2D eigenvalue weighted by Crippen LogP contribution is -2.36. The Balaban J connectivity index is 1.55. The summed E-state index contributed by atoms with van der Waals surface area (Å²) >= 11 is 0. The van der Waals surface area contributed by atoms with Gasteiger partial charge >= 0.3 is 0 Å². The van der Waals surface area contributed by atoms with Gasteiger partial charge in [0.2, 0.25) is 5.91 Å². The number of carbonyl (C=O) groups excluding carboxylic acids is 2. The van der Waals surface area contributed by atoms with Crippen LogP contribution in [-0.4, -0.2) is 17.5 Å². The van der Waals surface area contributed by atoms with Gasteiger partial charge in [-0.2, -0.15) is 10.1 Å². The van der Waals surface area contributed by atoms with Crippen LogP contribution in [-0.2, 0) is 15.5 Å². The van der Waals surface area contributed by atoms with E-state index < -0.39 is 23.7 Å². The van der Waals surface area contributed by atoms with Crippen molar-refractivity contribution in [3.05, 3.63) is 60.4 Å². The van der Waals surface area contributed by atoms with E-state index in [0.29, 0.717) is 17.0 Å². The van der Waals surface area contributed by atoms with Crippen molar-refractivity contribution < 1.29 is 22.8 Å². The highest BCUT2D eigenvalue weighted by atomic mass is 19.3. The van der Waals surface area contributed by atoms with Crippen molar-refractivity contribution >= 4 is 39.9 Å². The molecule has 2 aromatic carbocycles. The molecule has 8 heteroatoms. The Bertz CT molecular complexity index is 1170. The van der Waals surface area contributed by atoms with E-state index in [-0.39, 0.29) is 17.7 Å². The average molecular weight is 411 g/mol. The molecule has 0 saturated carbocycles. The number of hydrazone groups is 1.